The molecule has 20 heavy (non-hydrogen) atoms. The Bertz CT molecular complexity index is 686. The third kappa shape index (κ3) is 2.05. The van der Waals surface area contributed by atoms with Gasteiger partial charge in [0, 0.05) is 16.1 Å². The van der Waals surface area contributed by atoms with Crippen LogP contribution in [0.5, 0.6) is 0 Å². The lowest BCUT2D eigenvalue weighted by atomic mass is 10.1. The largest absolute Gasteiger partial charge is 0.326 e. The SMILES string of the molecule is O=C(Nc1ccc2cc(Br)ccc2c1)C1C2CCCC21. The van der Waals surface area contributed by atoms with Crippen LogP contribution in [0.25, 0.3) is 10.8 Å². The molecule has 4 rings (SSSR count). The lowest BCUT2D eigenvalue weighted by Crippen LogP contribution is -2.16. The van der Waals surface area contributed by atoms with Crippen LogP contribution in [0.4, 0.5) is 5.69 Å². The topological polar surface area (TPSA) is 29.1 Å². The number of carbonyl (C=O) groups is 1. The van der Waals surface area contributed by atoms with Gasteiger partial charge < -0.3 is 5.32 Å². The van der Waals surface area contributed by atoms with Crippen molar-refractivity contribution in [2.24, 2.45) is 17.8 Å². The molecule has 2 aliphatic rings. The summed E-state index contributed by atoms with van der Waals surface area (Å²) in [6.45, 7) is 0. The maximum absolute atomic E-state index is 12.3. The maximum Gasteiger partial charge on any atom is 0.228 e. The number of rotatable bonds is 2. The monoisotopic (exact) mass is 329 g/mol. The number of anilines is 1. The van der Waals surface area contributed by atoms with E-state index in [2.05, 4.69) is 45.5 Å². The third-order valence-electron chi connectivity index (χ3n) is 4.78. The highest BCUT2D eigenvalue weighted by molar-refractivity contribution is 9.10. The Morgan fingerprint density at radius 1 is 1.05 bits per heavy atom. The van der Waals surface area contributed by atoms with Gasteiger partial charge in [0.1, 0.15) is 0 Å². The molecular weight excluding hydrogens is 314 g/mol. The number of amides is 1. The maximum atomic E-state index is 12.3. The van der Waals surface area contributed by atoms with Gasteiger partial charge in [0.05, 0.1) is 0 Å². The van der Waals surface area contributed by atoms with Crippen molar-refractivity contribution in [1.29, 1.82) is 0 Å². The second-order valence-electron chi connectivity index (χ2n) is 5.98. The van der Waals surface area contributed by atoms with E-state index in [9.17, 15) is 4.79 Å². The number of hydrogen-bond donors (Lipinski definition) is 1. The minimum absolute atomic E-state index is 0.219. The molecule has 0 heterocycles. The Kier molecular flexibility index (Phi) is 2.84. The van der Waals surface area contributed by atoms with Crippen LogP contribution in [-0.2, 0) is 4.79 Å². The fraction of sp³-hybridized carbons (Fsp3) is 0.353. The molecule has 0 spiro atoms. The van der Waals surface area contributed by atoms with Gasteiger partial charge in [-0.2, -0.15) is 0 Å². The van der Waals surface area contributed by atoms with Gasteiger partial charge in [-0.25, -0.2) is 0 Å². The first-order valence-corrected chi connectivity index (χ1v) is 8.02. The van der Waals surface area contributed by atoms with Crippen molar-refractivity contribution in [1.82, 2.24) is 0 Å². The van der Waals surface area contributed by atoms with Crippen molar-refractivity contribution in [3.05, 3.63) is 40.9 Å². The van der Waals surface area contributed by atoms with Crippen molar-refractivity contribution in [3.63, 3.8) is 0 Å². The number of halogens is 1. The van der Waals surface area contributed by atoms with Gasteiger partial charge in [-0.3, -0.25) is 4.79 Å². The van der Waals surface area contributed by atoms with E-state index in [-0.39, 0.29) is 11.8 Å². The van der Waals surface area contributed by atoms with Crippen LogP contribution in [-0.4, -0.2) is 5.91 Å². The number of nitrogens with one attached hydrogen (secondary N) is 1. The normalized spacial score (nSPS) is 27.4. The highest BCUT2D eigenvalue weighted by atomic mass is 79.9. The number of hydrogen-bond acceptors (Lipinski definition) is 1. The molecule has 2 fully saturated rings. The first kappa shape index (κ1) is 12.4. The minimum Gasteiger partial charge on any atom is -0.326 e. The highest BCUT2D eigenvalue weighted by Crippen LogP contribution is 2.57. The fourth-order valence-electron chi connectivity index (χ4n) is 3.73. The average Bonchev–Trinajstić information content (AvgIpc) is 2.93. The zero-order valence-electron chi connectivity index (χ0n) is 11.1. The van der Waals surface area contributed by atoms with Crippen LogP contribution in [0.2, 0.25) is 0 Å². The molecule has 0 radical (unpaired) electrons. The van der Waals surface area contributed by atoms with Gasteiger partial charge in [0.2, 0.25) is 5.91 Å². The van der Waals surface area contributed by atoms with Crippen molar-refractivity contribution in [3.8, 4) is 0 Å². The standard InChI is InChI=1S/C17H16BrNO/c18-12-6-4-11-9-13(7-5-10(11)8-12)19-17(20)16-14-2-1-3-15(14)16/h4-9,14-16H,1-3H2,(H,19,20). The Labute approximate surface area is 126 Å². The summed E-state index contributed by atoms with van der Waals surface area (Å²) >= 11 is 3.48. The Balaban J connectivity index is 1.54. The lowest BCUT2D eigenvalue weighted by molar-refractivity contribution is -0.118. The molecule has 0 saturated heterocycles. The van der Waals surface area contributed by atoms with Gasteiger partial charge >= 0.3 is 0 Å². The fourth-order valence-corrected chi connectivity index (χ4v) is 4.11. The Hall–Kier alpha value is -1.35. The summed E-state index contributed by atoms with van der Waals surface area (Å²) in [5.41, 5.74) is 0.912. The minimum atomic E-state index is 0.219. The number of carbonyl (C=O) groups excluding carboxylic acids is 1. The van der Waals surface area contributed by atoms with Crippen LogP contribution in [0, 0.1) is 17.8 Å². The van der Waals surface area contributed by atoms with Crippen LogP contribution in [0.1, 0.15) is 19.3 Å². The first-order chi connectivity index (χ1) is 9.72. The number of benzene rings is 2. The molecule has 2 saturated carbocycles. The predicted octanol–water partition coefficient (Wildman–Crippen LogP) is 4.59. The molecule has 2 aromatic carbocycles. The van der Waals surface area contributed by atoms with Gasteiger partial charge in [0.25, 0.3) is 0 Å². The van der Waals surface area contributed by atoms with Gasteiger partial charge in [-0.1, -0.05) is 34.5 Å². The molecule has 0 aliphatic heterocycles. The first-order valence-electron chi connectivity index (χ1n) is 7.22. The van der Waals surface area contributed by atoms with E-state index < -0.39 is 0 Å². The molecule has 2 unspecified atom stereocenters. The summed E-state index contributed by atoms with van der Waals surface area (Å²) < 4.78 is 1.08. The van der Waals surface area contributed by atoms with E-state index in [0.717, 1.165) is 15.5 Å². The summed E-state index contributed by atoms with van der Waals surface area (Å²) in [4.78, 5) is 12.3. The summed E-state index contributed by atoms with van der Waals surface area (Å²) in [5.74, 6) is 1.85. The van der Waals surface area contributed by atoms with Gasteiger partial charge in [-0.05, 0) is 59.7 Å². The third-order valence-corrected chi connectivity index (χ3v) is 5.27. The van der Waals surface area contributed by atoms with Gasteiger partial charge in [0.15, 0.2) is 0 Å². The zero-order chi connectivity index (χ0) is 13.7. The molecule has 0 aromatic heterocycles. The molecule has 1 N–H and O–H groups in total. The lowest BCUT2D eigenvalue weighted by Gasteiger charge is -2.08. The Morgan fingerprint density at radius 3 is 2.55 bits per heavy atom. The molecule has 2 nitrogen and oxygen atoms in total. The van der Waals surface area contributed by atoms with E-state index in [1.54, 1.807) is 0 Å². The smallest absolute Gasteiger partial charge is 0.228 e. The van der Waals surface area contributed by atoms with Crippen molar-refractivity contribution in [2.75, 3.05) is 5.32 Å². The van der Waals surface area contributed by atoms with E-state index in [1.807, 2.05) is 12.1 Å². The Morgan fingerprint density at radius 2 is 1.75 bits per heavy atom. The summed E-state index contributed by atoms with van der Waals surface area (Å²) in [5, 5.41) is 5.42. The highest BCUT2D eigenvalue weighted by Gasteiger charge is 2.56. The molecule has 2 atom stereocenters. The molecular formula is C17H16BrNO. The van der Waals surface area contributed by atoms with Crippen LogP contribution >= 0.6 is 15.9 Å². The number of fused-ring (bicyclic) bond motifs is 2. The van der Waals surface area contributed by atoms with Crippen molar-refractivity contribution in [2.45, 2.75) is 19.3 Å². The second-order valence-corrected chi connectivity index (χ2v) is 6.90. The van der Waals surface area contributed by atoms with Crippen LogP contribution in [0.15, 0.2) is 40.9 Å². The van der Waals surface area contributed by atoms with Crippen LogP contribution < -0.4 is 5.32 Å². The quantitative estimate of drug-likeness (QED) is 0.857. The molecule has 0 bridgehead atoms. The molecule has 3 heteroatoms. The summed E-state index contributed by atoms with van der Waals surface area (Å²) in [7, 11) is 0. The predicted molar refractivity (Wildman–Crippen MR) is 84.6 cm³/mol. The zero-order valence-corrected chi connectivity index (χ0v) is 12.7. The summed E-state index contributed by atoms with van der Waals surface area (Å²) in [6.07, 6.45) is 3.80. The van der Waals surface area contributed by atoms with Crippen molar-refractivity contribution < 1.29 is 4.79 Å². The second kappa shape index (κ2) is 4.59. The van der Waals surface area contributed by atoms with E-state index in [1.165, 1.54) is 24.6 Å². The van der Waals surface area contributed by atoms with E-state index in [4.69, 9.17) is 0 Å². The summed E-state index contributed by atoms with van der Waals surface area (Å²) in [6, 6.07) is 12.3. The average molecular weight is 330 g/mol. The van der Waals surface area contributed by atoms with E-state index in [0.29, 0.717) is 11.8 Å². The van der Waals surface area contributed by atoms with Crippen molar-refractivity contribution >= 4 is 38.3 Å². The molecule has 102 valence electrons. The van der Waals surface area contributed by atoms with Crippen LogP contribution in [0.3, 0.4) is 0 Å². The molecule has 1 amide bonds. The van der Waals surface area contributed by atoms with Gasteiger partial charge in [-0.15, -0.1) is 0 Å². The molecule has 2 aliphatic carbocycles. The molecule has 2 aromatic rings. The van der Waals surface area contributed by atoms with E-state index >= 15 is 0 Å².